The van der Waals surface area contributed by atoms with Crippen LogP contribution in [0.3, 0.4) is 0 Å². The summed E-state index contributed by atoms with van der Waals surface area (Å²) in [5.74, 6) is 2.82. The van der Waals surface area contributed by atoms with Crippen LogP contribution in [-0.2, 0) is 21.1 Å². The molecule has 1 fully saturated rings. The molecule has 0 aromatic heterocycles. The Balaban J connectivity index is 0.000000880. The predicted molar refractivity (Wildman–Crippen MR) is 104 cm³/mol. The Morgan fingerprint density at radius 2 is 1.96 bits per heavy atom. The number of rotatable bonds is 0. The Kier molecular flexibility index (Phi) is 5.26. The Bertz CT molecular complexity index is 929. The second-order valence-electron chi connectivity index (χ2n) is 6.65. The quantitative estimate of drug-likeness (QED) is 0.304. The monoisotopic (exact) mass is 565 g/mol. The molecule has 1 saturated heterocycles. The van der Waals surface area contributed by atoms with E-state index in [2.05, 4.69) is 29.2 Å². The van der Waals surface area contributed by atoms with Gasteiger partial charge in [-0.25, -0.2) is 0 Å². The molecule has 1 atom stereocenters. The summed E-state index contributed by atoms with van der Waals surface area (Å²) in [5, 5.41) is 11.5. The third-order valence-electron chi connectivity index (χ3n) is 4.83. The number of phenols is 1. The summed E-state index contributed by atoms with van der Waals surface area (Å²) in [6, 6.07) is 6.26. The van der Waals surface area contributed by atoms with Crippen molar-refractivity contribution in [3.63, 3.8) is 0 Å². The molecule has 2 bridgehead atoms. The normalized spacial score (nSPS) is 22.2. The Morgan fingerprint density at radius 3 is 2.68 bits per heavy atom. The average molecular weight is 565 g/mol. The fourth-order valence-corrected chi connectivity index (χ4v) is 7.39. The maximum Gasteiger partial charge on any atom is -0.0437 e. The summed E-state index contributed by atoms with van der Waals surface area (Å²) >= 11 is 2.19. The van der Waals surface area contributed by atoms with E-state index in [4.69, 9.17) is 9.31 Å². The molecule has 1 unspecified atom stereocenters. The summed E-state index contributed by atoms with van der Waals surface area (Å²) in [4.78, 5) is 0. The summed E-state index contributed by atoms with van der Waals surface area (Å²) < 4.78 is 29.6. The van der Waals surface area contributed by atoms with Crippen LogP contribution in [0.2, 0.25) is 0 Å². The Labute approximate surface area is 165 Å². The van der Waals surface area contributed by atoms with Gasteiger partial charge >= 0.3 is 147 Å². The van der Waals surface area contributed by atoms with E-state index in [1.807, 2.05) is 20.8 Å². The second kappa shape index (κ2) is 6.86. The summed E-state index contributed by atoms with van der Waals surface area (Å²) in [7, 11) is 1.93. The molecule has 1 N–H and O–H groups in total. The molecular formula is C17H15BFO3PSTl. The van der Waals surface area contributed by atoms with E-state index in [1.165, 1.54) is 6.07 Å². The molecule has 0 aliphatic carbocycles. The molecule has 25 heavy (non-hydrogen) atoms. The van der Waals surface area contributed by atoms with Gasteiger partial charge in [0.15, 0.2) is 0 Å². The number of fused-ring (bicyclic) bond motifs is 3. The number of hydrogen-bond donors (Lipinski definition) is 1. The molecule has 0 spiro atoms. The first-order valence-corrected chi connectivity index (χ1v) is 13.8. The summed E-state index contributed by atoms with van der Waals surface area (Å²) in [6.07, 6.45) is 0. The van der Waals surface area contributed by atoms with E-state index >= 15 is 0 Å². The van der Waals surface area contributed by atoms with Crippen LogP contribution in [0.5, 0.6) is 5.75 Å². The fraction of sp³-hybridized carbons (Fsp3) is 0.294. The summed E-state index contributed by atoms with van der Waals surface area (Å²) in [5.41, 5.74) is 0.577. The van der Waals surface area contributed by atoms with Gasteiger partial charge in [-0.1, -0.05) is 11.8 Å². The fourth-order valence-electron chi connectivity index (χ4n) is 3.12. The van der Waals surface area contributed by atoms with Crippen LogP contribution in [-0.4, -0.2) is 45.2 Å². The van der Waals surface area contributed by atoms with Gasteiger partial charge in [-0.15, -0.1) is 0 Å². The van der Waals surface area contributed by atoms with Gasteiger partial charge in [0.05, 0.1) is 0 Å². The molecule has 0 radical (unpaired) electrons. The van der Waals surface area contributed by atoms with E-state index in [0.717, 1.165) is 5.39 Å². The number of phenolic OH excluding ortho intramolecular Hbond substituents is 1. The number of benzene rings is 2. The topological polar surface area (TPSA) is 38.7 Å². The molecular weight excluding hydrogens is 549 g/mol. The molecule has 2 heterocycles. The van der Waals surface area contributed by atoms with Gasteiger partial charge in [0.2, 0.25) is 0 Å². The van der Waals surface area contributed by atoms with E-state index in [0.29, 0.717) is 16.4 Å². The first-order chi connectivity index (χ1) is 11.8. The van der Waals surface area contributed by atoms with Crippen molar-refractivity contribution < 1.29 is 18.8 Å². The second-order valence-corrected chi connectivity index (χ2v) is 13.2. The number of hydrogen-bond acceptors (Lipinski definition) is 4. The Hall–Kier alpha value is -0.583. The maximum atomic E-state index is 14.3. The van der Waals surface area contributed by atoms with E-state index in [-0.39, 0.29) is 11.6 Å². The van der Waals surface area contributed by atoms with Crippen LogP contribution in [0.15, 0.2) is 24.3 Å². The summed E-state index contributed by atoms with van der Waals surface area (Å²) in [6.45, 7) is 6.07. The van der Waals surface area contributed by atoms with Crippen LogP contribution >= 0.6 is 8.02 Å². The number of halogens is 1. The van der Waals surface area contributed by atoms with Gasteiger partial charge < -0.3 is 0 Å². The average Bonchev–Trinajstić information content (AvgIpc) is 2.83. The minimum atomic E-state index is -1.70. The van der Waals surface area contributed by atoms with Crippen molar-refractivity contribution in [3.05, 3.63) is 35.6 Å². The van der Waals surface area contributed by atoms with E-state index in [1.54, 1.807) is 18.2 Å². The third-order valence-corrected chi connectivity index (χ3v) is 11.3. The van der Waals surface area contributed by atoms with Crippen molar-refractivity contribution in [2.45, 2.75) is 29.5 Å². The van der Waals surface area contributed by atoms with Crippen molar-refractivity contribution in [2.75, 3.05) is 0 Å². The molecule has 0 amide bonds. The van der Waals surface area contributed by atoms with Crippen molar-refractivity contribution >= 4 is 67.4 Å². The number of aromatic hydroxyl groups is 1. The van der Waals surface area contributed by atoms with E-state index < -0.39 is 40.1 Å². The zero-order chi connectivity index (χ0) is 18.4. The van der Waals surface area contributed by atoms with Gasteiger partial charge in [-0.05, 0) is 8.02 Å². The minimum absolute atomic E-state index is 0.110. The zero-order valence-electron chi connectivity index (χ0n) is 14.0. The van der Waals surface area contributed by atoms with Crippen LogP contribution in [0.25, 0.3) is 10.8 Å². The smallest absolute Gasteiger partial charge is 0.0437 e. The largest absolute Gasteiger partial charge is 0.0615 e. The van der Waals surface area contributed by atoms with Crippen LogP contribution < -0.4 is 5.46 Å². The zero-order valence-corrected chi connectivity index (χ0v) is 20.3. The van der Waals surface area contributed by atoms with Gasteiger partial charge in [-0.3, -0.25) is 0 Å². The molecule has 125 valence electrons. The first-order valence-electron chi connectivity index (χ1n) is 7.68. The minimum Gasteiger partial charge on any atom is -0.0615 e. The molecule has 0 saturated carbocycles. The first kappa shape index (κ1) is 19.2. The molecule has 4 rings (SSSR count). The van der Waals surface area contributed by atoms with Crippen molar-refractivity contribution in [2.24, 2.45) is 0 Å². The van der Waals surface area contributed by atoms with Crippen LogP contribution in [0, 0.1) is 15.2 Å². The molecule has 2 aromatic rings. The molecule has 8 heteroatoms. The van der Waals surface area contributed by atoms with Crippen LogP contribution in [0.1, 0.15) is 26.3 Å². The SMILES string of the molecule is CC1(C)OB2O[C]1(C)[Tl][C]#Cc1c(F)ccc3cc(O)cc2c13.P=S. The van der Waals surface area contributed by atoms with Gasteiger partial charge in [-0.2, -0.15) is 0 Å². The predicted octanol–water partition coefficient (Wildman–Crippen LogP) is 2.54. The van der Waals surface area contributed by atoms with E-state index in [9.17, 15) is 9.50 Å². The molecule has 3 nitrogen and oxygen atoms in total. The van der Waals surface area contributed by atoms with Gasteiger partial charge in [0.1, 0.15) is 0 Å². The van der Waals surface area contributed by atoms with Crippen LogP contribution in [0.4, 0.5) is 4.39 Å². The molecule has 2 aliphatic rings. The van der Waals surface area contributed by atoms with Crippen molar-refractivity contribution in [1.82, 2.24) is 0 Å². The maximum absolute atomic E-state index is 14.3. The van der Waals surface area contributed by atoms with Gasteiger partial charge in [0, 0.05) is 0 Å². The molecule has 2 aliphatic heterocycles. The van der Waals surface area contributed by atoms with Gasteiger partial charge in [0.25, 0.3) is 0 Å². The third kappa shape index (κ3) is 3.15. The van der Waals surface area contributed by atoms with Crippen molar-refractivity contribution in [3.8, 4) is 15.1 Å². The Morgan fingerprint density at radius 1 is 1.24 bits per heavy atom. The molecule has 2 aromatic carbocycles. The standard InChI is InChI=1S/C17H14BFO3.HPS.Tl/c1-5-13-15(19)7-6-11-8-12(20)9-14(16(11)13)18-21-10(2)17(3,4)22-18;1-2;/h6-9,20H,2-4H3;1H;. The van der Waals surface area contributed by atoms with Crippen molar-refractivity contribution in [1.29, 1.82) is 0 Å².